The first kappa shape index (κ1) is 13.9. The summed E-state index contributed by atoms with van der Waals surface area (Å²) >= 11 is 6.02. The highest BCUT2D eigenvalue weighted by molar-refractivity contribution is 6.30. The van der Waals surface area contributed by atoms with Crippen LogP contribution >= 0.6 is 11.6 Å². The number of rotatable bonds is 4. The number of hydrogen-bond donors (Lipinski definition) is 2. The summed E-state index contributed by atoms with van der Waals surface area (Å²) in [5, 5.41) is 11.3. The van der Waals surface area contributed by atoms with E-state index in [1.807, 2.05) is 37.4 Å². The molecule has 21 heavy (non-hydrogen) atoms. The number of aromatic nitrogens is 2. The maximum absolute atomic E-state index is 6.02. The van der Waals surface area contributed by atoms with Crippen LogP contribution in [0.25, 0.3) is 22.5 Å². The average molecular weight is 298 g/mol. The molecule has 1 heterocycles. The number of nitrogens with zero attached hydrogens (tertiary/aromatic N) is 1. The highest BCUT2D eigenvalue weighted by Gasteiger charge is 2.06. The van der Waals surface area contributed by atoms with Crippen molar-refractivity contribution in [2.45, 2.75) is 6.54 Å². The van der Waals surface area contributed by atoms with Gasteiger partial charge in [0.05, 0.1) is 11.4 Å². The maximum atomic E-state index is 6.02. The third kappa shape index (κ3) is 3.15. The monoisotopic (exact) mass is 297 g/mol. The maximum Gasteiger partial charge on any atom is 0.0927 e. The highest BCUT2D eigenvalue weighted by Crippen LogP contribution is 2.25. The molecule has 0 bridgehead atoms. The van der Waals surface area contributed by atoms with E-state index in [4.69, 9.17) is 11.6 Å². The van der Waals surface area contributed by atoms with E-state index in [0.29, 0.717) is 5.02 Å². The predicted molar refractivity (Wildman–Crippen MR) is 87.2 cm³/mol. The zero-order chi connectivity index (χ0) is 14.7. The summed E-state index contributed by atoms with van der Waals surface area (Å²) in [6, 6.07) is 18.2. The van der Waals surface area contributed by atoms with E-state index >= 15 is 0 Å². The lowest BCUT2D eigenvalue weighted by Gasteiger charge is -2.01. The number of hydrogen-bond acceptors (Lipinski definition) is 2. The van der Waals surface area contributed by atoms with Gasteiger partial charge in [-0.3, -0.25) is 5.10 Å². The van der Waals surface area contributed by atoms with Gasteiger partial charge in [0, 0.05) is 17.1 Å². The van der Waals surface area contributed by atoms with E-state index in [9.17, 15) is 0 Å². The van der Waals surface area contributed by atoms with Gasteiger partial charge in [-0.25, -0.2) is 0 Å². The van der Waals surface area contributed by atoms with Gasteiger partial charge in [-0.2, -0.15) is 5.10 Å². The van der Waals surface area contributed by atoms with Crippen molar-refractivity contribution in [3.05, 3.63) is 65.2 Å². The second kappa shape index (κ2) is 6.12. The molecule has 0 atom stereocenters. The van der Waals surface area contributed by atoms with Crippen molar-refractivity contribution in [3.8, 4) is 22.5 Å². The Bertz CT molecular complexity index is 732. The Balaban J connectivity index is 1.87. The van der Waals surface area contributed by atoms with E-state index in [-0.39, 0.29) is 0 Å². The van der Waals surface area contributed by atoms with Crippen molar-refractivity contribution in [2.75, 3.05) is 7.05 Å². The molecule has 0 spiro atoms. The second-order valence-corrected chi connectivity index (χ2v) is 5.34. The van der Waals surface area contributed by atoms with Crippen LogP contribution in [0.5, 0.6) is 0 Å². The van der Waals surface area contributed by atoms with E-state index < -0.39 is 0 Å². The third-order valence-corrected chi connectivity index (χ3v) is 3.58. The first-order valence-corrected chi connectivity index (χ1v) is 7.19. The van der Waals surface area contributed by atoms with Gasteiger partial charge in [-0.1, -0.05) is 48.0 Å². The molecule has 0 fully saturated rings. The van der Waals surface area contributed by atoms with Gasteiger partial charge in [-0.15, -0.1) is 0 Å². The molecular weight excluding hydrogens is 282 g/mol. The summed E-state index contributed by atoms with van der Waals surface area (Å²) in [6.07, 6.45) is 0. The zero-order valence-electron chi connectivity index (χ0n) is 11.7. The lowest BCUT2D eigenvalue weighted by molar-refractivity contribution is 0.818. The Morgan fingerprint density at radius 2 is 1.86 bits per heavy atom. The normalized spacial score (nSPS) is 10.8. The van der Waals surface area contributed by atoms with E-state index in [2.05, 4.69) is 39.8 Å². The standard InChI is InChI=1S/C17H16ClN3/c1-19-11-12-5-7-13(8-6-12)16-10-17(21-20-16)14-3-2-4-15(18)9-14/h2-10,19H,11H2,1H3,(H,20,21). The molecule has 2 aromatic carbocycles. The van der Waals surface area contributed by atoms with Gasteiger partial charge in [0.25, 0.3) is 0 Å². The molecule has 0 saturated carbocycles. The van der Waals surface area contributed by atoms with E-state index in [0.717, 1.165) is 29.1 Å². The molecule has 0 saturated heterocycles. The summed E-state index contributed by atoms with van der Waals surface area (Å²) in [6.45, 7) is 0.872. The van der Waals surface area contributed by atoms with Crippen LogP contribution in [0, 0.1) is 0 Å². The smallest absolute Gasteiger partial charge is 0.0927 e. The molecule has 1 aromatic heterocycles. The van der Waals surface area contributed by atoms with Crippen molar-refractivity contribution in [3.63, 3.8) is 0 Å². The van der Waals surface area contributed by atoms with Gasteiger partial charge in [0.2, 0.25) is 0 Å². The number of aromatic amines is 1. The van der Waals surface area contributed by atoms with Gasteiger partial charge < -0.3 is 5.32 Å². The van der Waals surface area contributed by atoms with Gasteiger partial charge in [0.15, 0.2) is 0 Å². The molecular formula is C17H16ClN3. The van der Waals surface area contributed by atoms with Crippen molar-refractivity contribution >= 4 is 11.6 Å². The van der Waals surface area contributed by atoms with E-state index in [1.165, 1.54) is 5.56 Å². The van der Waals surface area contributed by atoms with Gasteiger partial charge >= 0.3 is 0 Å². The molecule has 106 valence electrons. The Hall–Kier alpha value is -2.10. The van der Waals surface area contributed by atoms with Crippen LogP contribution in [-0.4, -0.2) is 17.2 Å². The molecule has 0 amide bonds. The fourth-order valence-electron chi connectivity index (χ4n) is 2.27. The van der Waals surface area contributed by atoms with Crippen molar-refractivity contribution in [2.24, 2.45) is 0 Å². The summed E-state index contributed by atoms with van der Waals surface area (Å²) in [5.41, 5.74) is 5.29. The van der Waals surface area contributed by atoms with Crippen LogP contribution in [0.1, 0.15) is 5.56 Å². The summed E-state index contributed by atoms with van der Waals surface area (Å²) in [5.74, 6) is 0. The zero-order valence-corrected chi connectivity index (χ0v) is 12.5. The molecule has 0 aliphatic carbocycles. The average Bonchev–Trinajstić information content (AvgIpc) is 2.98. The Kier molecular flexibility index (Phi) is 4.04. The van der Waals surface area contributed by atoms with Crippen molar-refractivity contribution in [1.82, 2.24) is 15.5 Å². The summed E-state index contributed by atoms with van der Waals surface area (Å²) in [7, 11) is 1.94. The molecule has 0 unspecified atom stereocenters. The van der Waals surface area contributed by atoms with Crippen molar-refractivity contribution < 1.29 is 0 Å². The first-order valence-electron chi connectivity index (χ1n) is 6.81. The molecule has 3 nitrogen and oxygen atoms in total. The van der Waals surface area contributed by atoms with Crippen LogP contribution in [0.4, 0.5) is 0 Å². The number of benzene rings is 2. The Morgan fingerprint density at radius 3 is 2.57 bits per heavy atom. The fourth-order valence-corrected chi connectivity index (χ4v) is 2.46. The third-order valence-electron chi connectivity index (χ3n) is 3.34. The molecule has 0 aliphatic heterocycles. The van der Waals surface area contributed by atoms with Crippen LogP contribution in [0.2, 0.25) is 5.02 Å². The minimum absolute atomic E-state index is 0.716. The predicted octanol–water partition coefficient (Wildman–Crippen LogP) is 4.12. The van der Waals surface area contributed by atoms with Crippen LogP contribution < -0.4 is 5.32 Å². The SMILES string of the molecule is CNCc1ccc(-c2cc(-c3cccc(Cl)c3)n[nH]2)cc1. The molecule has 3 rings (SSSR count). The number of H-pyrrole nitrogens is 1. The number of nitrogens with one attached hydrogen (secondary N) is 2. The fraction of sp³-hybridized carbons (Fsp3) is 0.118. The molecule has 0 radical (unpaired) electrons. The Morgan fingerprint density at radius 1 is 1.05 bits per heavy atom. The second-order valence-electron chi connectivity index (χ2n) is 4.90. The summed E-state index contributed by atoms with van der Waals surface area (Å²) in [4.78, 5) is 0. The van der Waals surface area contributed by atoms with Gasteiger partial charge in [0.1, 0.15) is 0 Å². The summed E-state index contributed by atoms with van der Waals surface area (Å²) < 4.78 is 0. The van der Waals surface area contributed by atoms with Crippen LogP contribution in [0.15, 0.2) is 54.6 Å². The minimum Gasteiger partial charge on any atom is -0.316 e. The van der Waals surface area contributed by atoms with Crippen LogP contribution in [-0.2, 0) is 6.54 Å². The lowest BCUT2D eigenvalue weighted by atomic mass is 10.1. The molecule has 4 heteroatoms. The lowest BCUT2D eigenvalue weighted by Crippen LogP contribution is -2.04. The topological polar surface area (TPSA) is 40.7 Å². The highest BCUT2D eigenvalue weighted by atomic mass is 35.5. The van der Waals surface area contributed by atoms with E-state index in [1.54, 1.807) is 0 Å². The minimum atomic E-state index is 0.716. The molecule has 0 aliphatic rings. The first-order chi connectivity index (χ1) is 10.3. The largest absolute Gasteiger partial charge is 0.316 e. The molecule has 3 aromatic rings. The Labute approximate surface area is 129 Å². The van der Waals surface area contributed by atoms with Crippen LogP contribution in [0.3, 0.4) is 0 Å². The molecule has 2 N–H and O–H groups in total. The number of halogens is 1. The van der Waals surface area contributed by atoms with Gasteiger partial charge in [-0.05, 0) is 36.4 Å². The quantitative estimate of drug-likeness (QED) is 0.760. The van der Waals surface area contributed by atoms with Crippen molar-refractivity contribution in [1.29, 1.82) is 0 Å².